The number of H-pyrrole nitrogens is 1. The molecule has 1 amide bonds. The topological polar surface area (TPSA) is 59.4 Å². The summed E-state index contributed by atoms with van der Waals surface area (Å²) in [6.45, 7) is 0.223. The largest absolute Gasteiger partial charge is 0.443 e. The van der Waals surface area contributed by atoms with Crippen molar-refractivity contribution in [1.82, 2.24) is 9.55 Å². The molecule has 0 unspecified atom stereocenters. The summed E-state index contributed by atoms with van der Waals surface area (Å²) in [5.41, 5.74) is 4.89. The first-order chi connectivity index (χ1) is 11.7. The van der Waals surface area contributed by atoms with Crippen molar-refractivity contribution in [1.29, 1.82) is 0 Å². The van der Waals surface area contributed by atoms with Crippen LogP contribution in [0.25, 0.3) is 11.0 Å². The van der Waals surface area contributed by atoms with Gasteiger partial charge in [-0.05, 0) is 36.0 Å². The third-order valence-electron chi connectivity index (χ3n) is 4.39. The van der Waals surface area contributed by atoms with E-state index in [2.05, 4.69) is 16.0 Å². The number of nitrogens with zero attached hydrogens (tertiary/aromatic N) is 2. The highest BCUT2D eigenvalue weighted by Crippen LogP contribution is 2.42. The van der Waals surface area contributed by atoms with Gasteiger partial charge in [-0.3, -0.25) is 0 Å². The second-order valence-electron chi connectivity index (χ2n) is 6.18. The number of aryl methyl sites for hydroxylation is 1. The monoisotopic (exact) mass is 321 g/mol. The van der Waals surface area contributed by atoms with Crippen LogP contribution in [-0.2, 0) is 18.4 Å². The van der Waals surface area contributed by atoms with Crippen LogP contribution < -0.4 is 5.62 Å². The number of carbonyl (C=O) groups is 1. The molecule has 0 aliphatic heterocycles. The van der Waals surface area contributed by atoms with Crippen LogP contribution in [0.15, 0.2) is 53.5 Å². The molecule has 3 aromatic rings. The van der Waals surface area contributed by atoms with E-state index in [-0.39, 0.29) is 6.61 Å². The molecular weight excluding hydrogens is 302 g/mol. The van der Waals surface area contributed by atoms with E-state index in [4.69, 9.17) is 4.74 Å². The van der Waals surface area contributed by atoms with Gasteiger partial charge < -0.3 is 14.3 Å². The van der Waals surface area contributed by atoms with Crippen molar-refractivity contribution in [3.05, 3.63) is 65.3 Å². The van der Waals surface area contributed by atoms with Crippen molar-refractivity contribution in [3.8, 4) is 0 Å². The van der Waals surface area contributed by atoms with Crippen LogP contribution >= 0.6 is 0 Å². The number of hydrogen-bond donors (Lipinski definition) is 1. The van der Waals surface area contributed by atoms with E-state index in [1.165, 1.54) is 18.4 Å². The number of nitrogens with one attached hydrogen (secondary N) is 1. The van der Waals surface area contributed by atoms with E-state index < -0.39 is 6.09 Å². The SMILES string of the molecule is Cn1/c(=N/C(=O)OCc2ccccc2)[nH]c2cccc(C3CC3)c21. The number of imidazole rings is 1. The molecule has 5 heteroatoms. The molecule has 0 bridgehead atoms. The van der Waals surface area contributed by atoms with E-state index in [0.29, 0.717) is 11.5 Å². The standard InChI is InChI=1S/C19H19N3O2/c1-22-17-15(14-10-11-14)8-5-9-16(17)20-18(22)21-19(23)24-12-13-6-3-2-4-7-13/h2-9,14H,10-12H2,1H3,(H,20,21,23). The Morgan fingerprint density at radius 3 is 2.75 bits per heavy atom. The molecule has 122 valence electrons. The lowest BCUT2D eigenvalue weighted by atomic mass is 10.1. The highest BCUT2D eigenvalue weighted by molar-refractivity contribution is 5.80. The summed E-state index contributed by atoms with van der Waals surface area (Å²) < 4.78 is 7.17. The molecule has 1 aliphatic rings. The minimum atomic E-state index is -0.589. The van der Waals surface area contributed by atoms with Gasteiger partial charge in [-0.1, -0.05) is 42.5 Å². The van der Waals surface area contributed by atoms with Gasteiger partial charge in [-0.25, -0.2) is 4.79 Å². The average molecular weight is 321 g/mol. The minimum absolute atomic E-state index is 0.223. The molecule has 1 aliphatic carbocycles. The molecule has 0 saturated heterocycles. The van der Waals surface area contributed by atoms with Crippen LogP contribution in [0.3, 0.4) is 0 Å². The van der Waals surface area contributed by atoms with Crippen LogP contribution in [0.4, 0.5) is 4.79 Å². The summed E-state index contributed by atoms with van der Waals surface area (Å²) >= 11 is 0. The summed E-state index contributed by atoms with van der Waals surface area (Å²) in [6.07, 6.45) is 1.88. The van der Waals surface area contributed by atoms with Gasteiger partial charge in [0.2, 0.25) is 5.62 Å². The number of ether oxygens (including phenoxy) is 1. The van der Waals surface area contributed by atoms with Crippen molar-refractivity contribution >= 4 is 17.1 Å². The number of hydrogen-bond acceptors (Lipinski definition) is 2. The normalized spacial score (nSPS) is 15.0. The number of rotatable bonds is 3. The molecule has 24 heavy (non-hydrogen) atoms. The molecule has 0 atom stereocenters. The number of carbonyl (C=O) groups excluding carboxylic acids is 1. The maximum atomic E-state index is 12.0. The average Bonchev–Trinajstić information content (AvgIpc) is 3.40. The van der Waals surface area contributed by atoms with Gasteiger partial charge in [-0.2, -0.15) is 0 Å². The Morgan fingerprint density at radius 2 is 2.00 bits per heavy atom. The highest BCUT2D eigenvalue weighted by Gasteiger charge is 2.26. The predicted molar refractivity (Wildman–Crippen MR) is 91.4 cm³/mol. The maximum absolute atomic E-state index is 12.0. The fourth-order valence-corrected chi connectivity index (χ4v) is 3.01. The molecule has 2 aromatic carbocycles. The summed E-state index contributed by atoms with van der Waals surface area (Å²) in [6, 6.07) is 15.8. The van der Waals surface area contributed by atoms with E-state index in [0.717, 1.165) is 16.6 Å². The van der Waals surface area contributed by atoms with Crippen molar-refractivity contribution in [3.63, 3.8) is 0 Å². The lowest BCUT2D eigenvalue weighted by Gasteiger charge is -2.03. The quantitative estimate of drug-likeness (QED) is 0.801. The van der Waals surface area contributed by atoms with Crippen molar-refractivity contribution < 1.29 is 9.53 Å². The zero-order chi connectivity index (χ0) is 16.5. The molecule has 1 aromatic heterocycles. The lowest BCUT2D eigenvalue weighted by molar-refractivity contribution is 0.149. The number of benzene rings is 2. The Kier molecular flexibility index (Phi) is 3.69. The van der Waals surface area contributed by atoms with Gasteiger partial charge in [0.25, 0.3) is 0 Å². The number of aromatic amines is 1. The molecule has 0 radical (unpaired) electrons. The van der Waals surface area contributed by atoms with E-state index in [1.54, 1.807) is 0 Å². The molecule has 1 fully saturated rings. The van der Waals surface area contributed by atoms with Crippen LogP contribution in [0.1, 0.15) is 29.9 Å². The third kappa shape index (κ3) is 2.85. The number of para-hydroxylation sites is 1. The van der Waals surface area contributed by atoms with Crippen LogP contribution in [0.2, 0.25) is 0 Å². The molecule has 0 spiro atoms. The maximum Gasteiger partial charge on any atom is 0.437 e. The second-order valence-corrected chi connectivity index (χ2v) is 6.18. The van der Waals surface area contributed by atoms with Gasteiger partial charge in [0.1, 0.15) is 6.61 Å². The van der Waals surface area contributed by atoms with Crippen LogP contribution in [0.5, 0.6) is 0 Å². The predicted octanol–water partition coefficient (Wildman–Crippen LogP) is 3.62. The molecule has 5 nitrogen and oxygen atoms in total. The van der Waals surface area contributed by atoms with E-state index >= 15 is 0 Å². The fraction of sp³-hybridized carbons (Fsp3) is 0.263. The summed E-state index contributed by atoms with van der Waals surface area (Å²) in [7, 11) is 1.92. The minimum Gasteiger partial charge on any atom is -0.443 e. The Balaban J connectivity index is 1.61. The molecule has 1 N–H and O–H groups in total. The van der Waals surface area contributed by atoms with Crippen molar-refractivity contribution in [2.75, 3.05) is 0 Å². The second kappa shape index (κ2) is 6.00. The number of fused-ring (bicyclic) bond motifs is 1. The van der Waals surface area contributed by atoms with E-state index in [9.17, 15) is 4.79 Å². The smallest absolute Gasteiger partial charge is 0.437 e. The highest BCUT2D eigenvalue weighted by atomic mass is 16.5. The Bertz CT molecular complexity index is 950. The molecule has 1 saturated carbocycles. The molecular formula is C19H19N3O2. The Hall–Kier alpha value is -2.82. The first-order valence-electron chi connectivity index (χ1n) is 8.15. The Morgan fingerprint density at radius 1 is 1.21 bits per heavy atom. The third-order valence-corrected chi connectivity index (χ3v) is 4.39. The van der Waals surface area contributed by atoms with Crippen LogP contribution in [-0.4, -0.2) is 15.6 Å². The number of aromatic nitrogens is 2. The molecule has 1 heterocycles. The van der Waals surface area contributed by atoms with Crippen molar-refractivity contribution in [2.24, 2.45) is 12.0 Å². The zero-order valence-electron chi connectivity index (χ0n) is 13.5. The first-order valence-corrected chi connectivity index (χ1v) is 8.15. The van der Waals surface area contributed by atoms with Crippen molar-refractivity contribution in [2.45, 2.75) is 25.4 Å². The zero-order valence-corrected chi connectivity index (χ0v) is 13.5. The number of amides is 1. The first kappa shape index (κ1) is 14.8. The summed E-state index contributed by atoms with van der Waals surface area (Å²) in [5.74, 6) is 0.633. The van der Waals surface area contributed by atoms with Gasteiger partial charge in [0.05, 0.1) is 11.0 Å². The Labute approximate surface area is 139 Å². The van der Waals surface area contributed by atoms with Gasteiger partial charge in [0, 0.05) is 7.05 Å². The van der Waals surface area contributed by atoms with Crippen LogP contribution in [0, 0.1) is 0 Å². The van der Waals surface area contributed by atoms with Gasteiger partial charge in [0.15, 0.2) is 0 Å². The van der Waals surface area contributed by atoms with Gasteiger partial charge in [-0.15, -0.1) is 4.99 Å². The molecule has 4 rings (SSSR count). The van der Waals surface area contributed by atoms with E-state index in [1.807, 2.05) is 54.1 Å². The fourth-order valence-electron chi connectivity index (χ4n) is 3.01. The lowest BCUT2D eigenvalue weighted by Crippen LogP contribution is -2.18. The summed E-state index contributed by atoms with van der Waals surface area (Å²) in [5, 5.41) is 0. The van der Waals surface area contributed by atoms with Gasteiger partial charge >= 0.3 is 6.09 Å². The summed E-state index contributed by atoms with van der Waals surface area (Å²) in [4.78, 5) is 19.3.